The van der Waals surface area contributed by atoms with Crippen molar-refractivity contribution in [2.45, 2.75) is 13.5 Å². The lowest BCUT2D eigenvalue weighted by atomic mass is 10.2. The van der Waals surface area contributed by atoms with Crippen LogP contribution in [0.1, 0.15) is 18.1 Å². The van der Waals surface area contributed by atoms with Gasteiger partial charge in [0.1, 0.15) is 12.4 Å². The Balaban J connectivity index is 2.12. The van der Waals surface area contributed by atoms with Gasteiger partial charge >= 0.3 is 0 Å². The van der Waals surface area contributed by atoms with Crippen LogP contribution in [0.15, 0.2) is 47.6 Å². The Bertz CT molecular complexity index is 738. The van der Waals surface area contributed by atoms with Crippen LogP contribution in [-0.2, 0) is 6.61 Å². The summed E-state index contributed by atoms with van der Waals surface area (Å²) in [7, 11) is 0. The zero-order valence-corrected chi connectivity index (χ0v) is 14.0. The van der Waals surface area contributed by atoms with E-state index in [0.717, 1.165) is 5.56 Å². The van der Waals surface area contributed by atoms with E-state index in [1.165, 1.54) is 6.07 Å². The molecular formula is C17H18FN3O2S. The first-order chi connectivity index (χ1) is 11.6. The van der Waals surface area contributed by atoms with Gasteiger partial charge in [0.2, 0.25) is 0 Å². The summed E-state index contributed by atoms with van der Waals surface area (Å²) in [5.41, 5.74) is 9.03. The molecule has 5 nitrogen and oxygen atoms in total. The van der Waals surface area contributed by atoms with Crippen LogP contribution >= 0.6 is 12.2 Å². The molecule has 0 heterocycles. The highest BCUT2D eigenvalue weighted by Gasteiger charge is 2.08. The summed E-state index contributed by atoms with van der Waals surface area (Å²) in [6.45, 7) is 2.46. The first kappa shape index (κ1) is 17.7. The number of halogens is 1. The first-order valence-corrected chi connectivity index (χ1v) is 7.72. The number of hydrogen-bond donors (Lipinski definition) is 2. The van der Waals surface area contributed by atoms with Gasteiger partial charge in [-0.1, -0.05) is 18.2 Å². The van der Waals surface area contributed by atoms with Gasteiger partial charge in [0.15, 0.2) is 16.6 Å². The van der Waals surface area contributed by atoms with Crippen molar-refractivity contribution < 1.29 is 13.9 Å². The van der Waals surface area contributed by atoms with Crippen LogP contribution < -0.4 is 20.6 Å². The van der Waals surface area contributed by atoms with Crippen LogP contribution in [-0.4, -0.2) is 17.9 Å². The highest BCUT2D eigenvalue weighted by Crippen LogP contribution is 2.29. The summed E-state index contributed by atoms with van der Waals surface area (Å²) in [4.78, 5) is 0. The summed E-state index contributed by atoms with van der Waals surface area (Å²) >= 11 is 4.67. The van der Waals surface area contributed by atoms with Gasteiger partial charge in [-0.15, -0.1) is 0 Å². The van der Waals surface area contributed by atoms with E-state index in [2.05, 4.69) is 22.7 Å². The molecule has 7 heteroatoms. The summed E-state index contributed by atoms with van der Waals surface area (Å²) < 4.78 is 24.9. The van der Waals surface area contributed by atoms with Crippen LogP contribution in [0.5, 0.6) is 11.5 Å². The fourth-order valence-corrected chi connectivity index (χ4v) is 1.99. The molecule has 126 valence electrons. The molecule has 0 aliphatic carbocycles. The van der Waals surface area contributed by atoms with Gasteiger partial charge in [0.05, 0.1) is 12.8 Å². The second-order valence-electron chi connectivity index (χ2n) is 4.75. The molecule has 0 unspecified atom stereocenters. The molecule has 0 radical (unpaired) electrons. The average Bonchev–Trinajstić information content (AvgIpc) is 2.55. The van der Waals surface area contributed by atoms with Gasteiger partial charge in [0, 0.05) is 5.56 Å². The molecule has 2 aromatic carbocycles. The smallest absolute Gasteiger partial charge is 0.184 e. The minimum Gasteiger partial charge on any atom is -0.490 e. The molecule has 0 aromatic heterocycles. The van der Waals surface area contributed by atoms with Gasteiger partial charge in [-0.3, -0.25) is 5.43 Å². The molecule has 0 atom stereocenters. The quantitative estimate of drug-likeness (QED) is 0.458. The minimum atomic E-state index is -0.303. The van der Waals surface area contributed by atoms with Gasteiger partial charge in [-0.05, 0) is 49.0 Å². The molecule has 2 aromatic rings. The van der Waals surface area contributed by atoms with Gasteiger partial charge in [-0.2, -0.15) is 5.10 Å². The van der Waals surface area contributed by atoms with E-state index in [4.69, 9.17) is 15.2 Å². The maximum Gasteiger partial charge on any atom is 0.184 e. The summed E-state index contributed by atoms with van der Waals surface area (Å²) in [6, 6.07) is 11.8. The van der Waals surface area contributed by atoms with Crippen molar-refractivity contribution in [1.29, 1.82) is 0 Å². The lowest BCUT2D eigenvalue weighted by Crippen LogP contribution is -2.23. The van der Waals surface area contributed by atoms with E-state index in [9.17, 15) is 4.39 Å². The molecule has 0 aliphatic rings. The average molecular weight is 347 g/mol. The second kappa shape index (κ2) is 8.83. The van der Waals surface area contributed by atoms with E-state index in [1.54, 1.807) is 42.6 Å². The number of hydrogen-bond acceptors (Lipinski definition) is 4. The number of nitrogens with one attached hydrogen (secondary N) is 1. The topological polar surface area (TPSA) is 68.9 Å². The van der Waals surface area contributed by atoms with Crippen molar-refractivity contribution in [3.63, 3.8) is 0 Å². The summed E-state index contributed by atoms with van der Waals surface area (Å²) in [5.74, 6) is 0.774. The van der Waals surface area contributed by atoms with Crippen molar-refractivity contribution in [2.75, 3.05) is 6.61 Å². The van der Waals surface area contributed by atoms with Crippen LogP contribution in [0.3, 0.4) is 0 Å². The molecule has 3 N–H and O–H groups in total. The molecule has 0 saturated heterocycles. The molecule has 0 bridgehead atoms. The minimum absolute atomic E-state index is 0.0844. The molecule has 0 aliphatic heterocycles. The van der Waals surface area contributed by atoms with Crippen LogP contribution in [0.4, 0.5) is 4.39 Å². The van der Waals surface area contributed by atoms with Gasteiger partial charge < -0.3 is 15.2 Å². The third kappa shape index (κ3) is 5.20. The van der Waals surface area contributed by atoms with Crippen molar-refractivity contribution in [3.8, 4) is 11.5 Å². The molecular weight excluding hydrogens is 329 g/mol. The van der Waals surface area contributed by atoms with Crippen LogP contribution in [0, 0.1) is 5.82 Å². The standard InChI is InChI=1S/C17H18FN3O2S/c1-2-22-16-9-12(10-20-21-17(19)24)7-8-15(16)23-11-13-5-3-4-6-14(13)18/h3-10H,2,11H2,1H3,(H3,19,21,24)/b20-10+. The molecule has 0 fully saturated rings. The molecule has 0 amide bonds. The molecule has 24 heavy (non-hydrogen) atoms. The van der Waals surface area contributed by atoms with Crippen molar-refractivity contribution in [3.05, 3.63) is 59.4 Å². The molecule has 0 spiro atoms. The molecule has 0 saturated carbocycles. The number of nitrogens with two attached hydrogens (primary N) is 1. The second-order valence-corrected chi connectivity index (χ2v) is 5.19. The van der Waals surface area contributed by atoms with E-state index < -0.39 is 0 Å². The fourth-order valence-electron chi connectivity index (χ4n) is 1.93. The fraction of sp³-hybridized carbons (Fsp3) is 0.176. The number of benzene rings is 2. The van der Waals surface area contributed by atoms with E-state index >= 15 is 0 Å². The lowest BCUT2D eigenvalue weighted by Gasteiger charge is -2.13. The monoisotopic (exact) mass is 347 g/mol. The predicted molar refractivity (Wildman–Crippen MR) is 95.9 cm³/mol. The number of hydrazone groups is 1. The highest BCUT2D eigenvalue weighted by molar-refractivity contribution is 7.80. The third-order valence-corrected chi connectivity index (χ3v) is 3.09. The van der Waals surface area contributed by atoms with Crippen molar-refractivity contribution in [2.24, 2.45) is 10.8 Å². The Morgan fingerprint density at radius 2 is 2.04 bits per heavy atom. The number of rotatable bonds is 7. The first-order valence-electron chi connectivity index (χ1n) is 7.31. The SMILES string of the molecule is CCOc1cc(/C=N/NC(N)=S)ccc1OCc1ccccc1F. The Morgan fingerprint density at radius 3 is 2.75 bits per heavy atom. The molecule has 2 rings (SSSR count). The van der Waals surface area contributed by atoms with Crippen LogP contribution in [0.2, 0.25) is 0 Å². The van der Waals surface area contributed by atoms with E-state index in [0.29, 0.717) is 23.7 Å². The summed E-state index contributed by atoms with van der Waals surface area (Å²) in [5, 5.41) is 3.97. The van der Waals surface area contributed by atoms with E-state index in [-0.39, 0.29) is 17.5 Å². The van der Waals surface area contributed by atoms with Crippen molar-refractivity contribution in [1.82, 2.24) is 5.43 Å². The summed E-state index contributed by atoms with van der Waals surface area (Å²) in [6.07, 6.45) is 1.56. The highest BCUT2D eigenvalue weighted by atomic mass is 32.1. The largest absolute Gasteiger partial charge is 0.490 e. The van der Waals surface area contributed by atoms with Gasteiger partial charge in [0.25, 0.3) is 0 Å². The van der Waals surface area contributed by atoms with Gasteiger partial charge in [-0.25, -0.2) is 4.39 Å². The van der Waals surface area contributed by atoms with Crippen molar-refractivity contribution >= 4 is 23.5 Å². The third-order valence-electron chi connectivity index (χ3n) is 3.00. The van der Waals surface area contributed by atoms with E-state index in [1.807, 2.05) is 6.92 Å². The number of ether oxygens (including phenoxy) is 2. The maximum atomic E-state index is 13.7. The Kier molecular flexibility index (Phi) is 6.51. The Morgan fingerprint density at radius 1 is 1.25 bits per heavy atom. The number of nitrogens with zero attached hydrogens (tertiary/aromatic N) is 1. The normalized spacial score (nSPS) is 10.6. The Labute approximate surface area is 145 Å². The zero-order valence-electron chi connectivity index (χ0n) is 13.2. The Hall–Kier alpha value is -2.67. The zero-order chi connectivity index (χ0) is 17.4. The lowest BCUT2D eigenvalue weighted by molar-refractivity contribution is 0.266. The number of thiocarbonyl (C=S) groups is 1. The maximum absolute atomic E-state index is 13.7. The predicted octanol–water partition coefficient (Wildman–Crippen LogP) is 2.97. The van der Waals surface area contributed by atoms with Crippen LogP contribution in [0.25, 0.3) is 0 Å².